The van der Waals surface area contributed by atoms with Crippen molar-refractivity contribution in [3.05, 3.63) is 59.9 Å². The van der Waals surface area contributed by atoms with E-state index in [2.05, 4.69) is 5.32 Å². The van der Waals surface area contributed by atoms with Crippen LogP contribution in [0.4, 0.5) is 4.39 Å². The molecule has 0 aliphatic carbocycles. The standard InChI is InChI=1S/C17H16FNO3/c18-12-5-7-13(8-6-12)22-11-17(20)19-15-9-10-21-16-4-2-1-3-14(15)16/h1-8,15H,9-11H2,(H,19,20). The van der Waals surface area contributed by atoms with E-state index in [-0.39, 0.29) is 24.4 Å². The van der Waals surface area contributed by atoms with Crippen LogP contribution in [0.2, 0.25) is 0 Å². The third kappa shape index (κ3) is 3.36. The smallest absolute Gasteiger partial charge is 0.258 e. The zero-order valence-corrected chi connectivity index (χ0v) is 11.9. The Morgan fingerprint density at radius 1 is 1.23 bits per heavy atom. The number of rotatable bonds is 4. The van der Waals surface area contributed by atoms with Crippen LogP contribution < -0.4 is 14.8 Å². The van der Waals surface area contributed by atoms with Crippen molar-refractivity contribution >= 4 is 5.91 Å². The molecule has 1 atom stereocenters. The van der Waals surface area contributed by atoms with Crippen LogP contribution in [0, 0.1) is 5.82 Å². The summed E-state index contributed by atoms with van der Waals surface area (Å²) in [6, 6.07) is 13.2. The molecule has 1 unspecified atom stereocenters. The van der Waals surface area contributed by atoms with Crippen LogP contribution in [-0.4, -0.2) is 19.1 Å². The van der Waals surface area contributed by atoms with E-state index in [9.17, 15) is 9.18 Å². The fourth-order valence-corrected chi connectivity index (χ4v) is 2.41. The Morgan fingerprint density at radius 3 is 2.82 bits per heavy atom. The van der Waals surface area contributed by atoms with Gasteiger partial charge in [0.1, 0.15) is 17.3 Å². The largest absolute Gasteiger partial charge is 0.493 e. The summed E-state index contributed by atoms with van der Waals surface area (Å²) in [6.07, 6.45) is 0.722. The number of benzene rings is 2. The summed E-state index contributed by atoms with van der Waals surface area (Å²) < 4.78 is 23.7. The molecule has 2 aromatic rings. The van der Waals surface area contributed by atoms with Gasteiger partial charge in [0.05, 0.1) is 12.6 Å². The highest BCUT2D eigenvalue weighted by molar-refractivity contribution is 5.78. The number of nitrogens with one attached hydrogen (secondary N) is 1. The average Bonchev–Trinajstić information content (AvgIpc) is 2.55. The van der Waals surface area contributed by atoms with Gasteiger partial charge in [-0.3, -0.25) is 4.79 Å². The van der Waals surface area contributed by atoms with Crippen LogP contribution in [0.1, 0.15) is 18.0 Å². The molecule has 5 heteroatoms. The highest BCUT2D eigenvalue weighted by Gasteiger charge is 2.22. The second kappa shape index (κ2) is 6.47. The third-order valence-electron chi connectivity index (χ3n) is 3.48. The first-order chi connectivity index (χ1) is 10.7. The van der Waals surface area contributed by atoms with Crippen LogP contribution in [0.25, 0.3) is 0 Å². The summed E-state index contributed by atoms with van der Waals surface area (Å²) in [6.45, 7) is 0.464. The van der Waals surface area contributed by atoms with E-state index in [0.717, 1.165) is 17.7 Å². The summed E-state index contributed by atoms with van der Waals surface area (Å²) >= 11 is 0. The van der Waals surface area contributed by atoms with Gasteiger partial charge in [-0.2, -0.15) is 0 Å². The molecule has 0 aromatic heterocycles. The molecule has 0 bridgehead atoms. The Bertz CT molecular complexity index is 657. The van der Waals surface area contributed by atoms with E-state index in [4.69, 9.17) is 9.47 Å². The Morgan fingerprint density at radius 2 is 2.00 bits per heavy atom. The highest BCUT2D eigenvalue weighted by Crippen LogP contribution is 2.31. The Balaban J connectivity index is 1.57. The molecular formula is C17H16FNO3. The van der Waals surface area contributed by atoms with Crippen molar-refractivity contribution in [3.63, 3.8) is 0 Å². The number of halogens is 1. The van der Waals surface area contributed by atoms with Gasteiger partial charge >= 0.3 is 0 Å². The van der Waals surface area contributed by atoms with E-state index in [1.165, 1.54) is 24.3 Å². The number of carbonyl (C=O) groups excluding carboxylic acids is 1. The van der Waals surface area contributed by atoms with Gasteiger partial charge in [-0.05, 0) is 30.3 Å². The van der Waals surface area contributed by atoms with Crippen LogP contribution in [-0.2, 0) is 4.79 Å². The molecule has 3 rings (SSSR count). The van der Waals surface area contributed by atoms with Crippen molar-refractivity contribution in [1.82, 2.24) is 5.32 Å². The van der Waals surface area contributed by atoms with Gasteiger partial charge in [-0.25, -0.2) is 4.39 Å². The van der Waals surface area contributed by atoms with Crippen molar-refractivity contribution in [1.29, 1.82) is 0 Å². The molecule has 0 fully saturated rings. The number of amides is 1. The molecule has 22 heavy (non-hydrogen) atoms. The molecule has 0 spiro atoms. The van der Waals surface area contributed by atoms with E-state index < -0.39 is 0 Å². The number of ether oxygens (including phenoxy) is 2. The lowest BCUT2D eigenvalue weighted by molar-refractivity contribution is -0.124. The molecule has 1 N–H and O–H groups in total. The number of hydrogen-bond donors (Lipinski definition) is 1. The van der Waals surface area contributed by atoms with Crippen molar-refractivity contribution in [2.24, 2.45) is 0 Å². The number of fused-ring (bicyclic) bond motifs is 1. The fourth-order valence-electron chi connectivity index (χ4n) is 2.41. The van der Waals surface area contributed by atoms with Crippen LogP contribution >= 0.6 is 0 Å². The second-order valence-electron chi connectivity index (χ2n) is 5.04. The molecule has 1 heterocycles. The van der Waals surface area contributed by atoms with Gasteiger partial charge in [0.2, 0.25) is 0 Å². The predicted octanol–water partition coefficient (Wildman–Crippen LogP) is 2.84. The molecule has 1 aliphatic rings. The molecule has 0 radical (unpaired) electrons. The number of para-hydroxylation sites is 1. The molecule has 1 aliphatic heterocycles. The molecular weight excluding hydrogens is 285 g/mol. The molecule has 0 saturated carbocycles. The van der Waals surface area contributed by atoms with E-state index in [0.29, 0.717) is 12.4 Å². The average molecular weight is 301 g/mol. The maximum Gasteiger partial charge on any atom is 0.258 e. The van der Waals surface area contributed by atoms with E-state index in [1.54, 1.807) is 0 Å². The highest BCUT2D eigenvalue weighted by atomic mass is 19.1. The van der Waals surface area contributed by atoms with Crippen molar-refractivity contribution in [2.45, 2.75) is 12.5 Å². The normalized spacial score (nSPS) is 16.3. The SMILES string of the molecule is O=C(COc1ccc(F)cc1)NC1CCOc2ccccc21. The third-order valence-corrected chi connectivity index (χ3v) is 3.48. The first-order valence-electron chi connectivity index (χ1n) is 7.12. The first-order valence-corrected chi connectivity index (χ1v) is 7.12. The van der Waals surface area contributed by atoms with Gasteiger partial charge in [0, 0.05) is 12.0 Å². The van der Waals surface area contributed by atoms with Crippen LogP contribution in [0.15, 0.2) is 48.5 Å². The predicted molar refractivity (Wildman–Crippen MR) is 79.3 cm³/mol. The Hall–Kier alpha value is -2.56. The Kier molecular flexibility index (Phi) is 4.23. The van der Waals surface area contributed by atoms with Crippen molar-refractivity contribution < 1.29 is 18.7 Å². The maximum atomic E-state index is 12.8. The second-order valence-corrected chi connectivity index (χ2v) is 5.04. The zero-order valence-electron chi connectivity index (χ0n) is 11.9. The zero-order chi connectivity index (χ0) is 15.4. The van der Waals surface area contributed by atoms with E-state index in [1.807, 2.05) is 24.3 Å². The minimum Gasteiger partial charge on any atom is -0.493 e. The van der Waals surface area contributed by atoms with Gasteiger partial charge in [0.15, 0.2) is 6.61 Å². The summed E-state index contributed by atoms with van der Waals surface area (Å²) in [5, 5.41) is 2.94. The van der Waals surface area contributed by atoms with Crippen molar-refractivity contribution in [2.75, 3.05) is 13.2 Å². The minimum atomic E-state index is -0.337. The Labute approximate surface area is 127 Å². The van der Waals surface area contributed by atoms with Crippen molar-refractivity contribution in [3.8, 4) is 11.5 Å². The maximum absolute atomic E-state index is 12.8. The molecule has 114 valence electrons. The summed E-state index contributed by atoms with van der Waals surface area (Å²) in [7, 11) is 0. The van der Waals surface area contributed by atoms with Gasteiger partial charge < -0.3 is 14.8 Å². The first kappa shape index (κ1) is 14.4. The van der Waals surface area contributed by atoms with Gasteiger partial charge in [-0.15, -0.1) is 0 Å². The lowest BCUT2D eigenvalue weighted by atomic mass is 10.0. The fraction of sp³-hybridized carbons (Fsp3) is 0.235. The number of hydrogen-bond acceptors (Lipinski definition) is 3. The lowest BCUT2D eigenvalue weighted by Gasteiger charge is -2.26. The lowest BCUT2D eigenvalue weighted by Crippen LogP contribution is -2.35. The summed E-state index contributed by atoms with van der Waals surface area (Å²) in [5.41, 5.74) is 0.976. The summed E-state index contributed by atoms with van der Waals surface area (Å²) in [5.74, 6) is 0.712. The summed E-state index contributed by atoms with van der Waals surface area (Å²) in [4.78, 5) is 12.0. The molecule has 2 aromatic carbocycles. The number of carbonyl (C=O) groups is 1. The minimum absolute atomic E-state index is 0.0748. The topological polar surface area (TPSA) is 47.6 Å². The quantitative estimate of drug-likeness (QED) is 0.944. The monoisotopic (exact) mass is 301 g/mol. The molecule has 0 saturated heterocycles. The van der Waals surface area contributed by atoms with E-state index >= 15 is 0 Å². The van der Waals surface area contributed by atoms with Crippen LogP contribution in [0.5, 0.6) is 11.5 Å². The molecule has 4 nitrogen and oxygen atoms in total. The molecule has 1 amide bonds. The van der Waals surface area contributed by atoms with Crippen LogP contribution in [0.3, 0.4) is 0 Å². The van der Waals surface area contributed by atoms with Gasteiger partial charge in [0.25, 0.3) is 5.91 Å². The van der Waals surface area contributed by atoms with Gasteiger partial charge in [-0.1, -0.05) is 18.2 Å².